The molecule has 0 aliphatic carbocycles. The number of nitrogen functional groups attached to an aromatic ring is 1. The fourth-order valence-corrected chi connectivity index (χ4v) is 2.24. The van der Waals surface area contributed by atoms with Crippen LogP contribution in [-0.4, -0.2) is 27.3 Å². The van der Waals surface area contributed by atoms with Gasteiger partial charge in [-0.15, -0.1) is 0 Å². The van der Waals surface area contributed by atoms with E-state index in [1.54, 1.807) is 6.20 Å². The molecule has 1 atom stereocenters. The molecule has 0 radical (unpaired) electrons. The minimum absolute atomic E-state index is 0.0229. The Morgan fingerprint density at radius 2 is 2.35 bits per heavy atom. The summed E-state index contributed by atoms with van der Waals surface area (Å²) in [5.74, 6) is 0.478. The zero-order chi connectivity index (χ0) is 12.4. The first-order valence-corrected chi connectivity index (χ1v) is 5.98. The Morgan fingerprint density at radius 1 is 1.59 bits per heavy atom. The van der Waals surface area contributed by atoms with Gasteiger partial charge < -0.3 is 10.6 Å². The summed E-state index contributed by atoms with van der Waals surface area (Å²) in [5.41, 5.74) is 6.43. The number of aromatic nitrogens is 2. The highest BCUT2D eigenvalue weighted by atomic mass is 16.2. The Bertz CT molecular complexity index is 419. The van der Waals surface area contributed by atoms with E-state index in [1.807, 2.05) is 24.8 Å². The topological polar surface area (TPSA) is 72.1 Å². The number of anilines is 1. The van der Waals surface area contributed by atoms with Crippen LogP contribution in [0, 0.1) is 5.92 Å². The number of amides is 1. The van der Waals surface area contributed by atoms with Crippen molar-refractivity contribution in [2.24, 2.45) is 5.92 Å². The molecule has 1 aromatic heterocycles. The van der Waals surface area contributed by atoms with E-state index in [0.29, 0.717) is 0 Å². The number of carbonyl (C=O) groups excluding carboxylic acids is 1. The quantitative estimate of drug-likeness (QED) is 0.839. The van der Waals surface area contributed by atoms with Crippen LogP contribution < -0.4 is 5.73 Å². The van der Waals surface area contributed by atoms with Crippen molar-refractivity contribution in [3.8, 4) is 0 Å². The van der Waals surface area contributed by atoms with Gasteiger partial charge in [0.25, 0.3) is 0 Å². The van der Waals surface area contributed by atoms with Crippen molar-refractivity contribution in [3.05, 3.63) is 18.0 Å². The standard InChI is InChI=1S/C12H18N4O/c1-8(2)11(17)16-7-3-4-10(16)9-5-6-14-12(13)15-9/h5-6,8,10H,3-4,7H2,1-2H3,(H2,13,14,15)/t10-/m0/s1. The number of likely N-dealkylation sites (tertiary alicyclic amines) is 1. The van der Waals surface area contributed by atoms with Crippen molar-refractivity contribution in [2.75, 3.05) is 12.3 Å². The molecule has 1 aliphatic rings. The summed E-state index contributed by atoms with van der Waals surface area (Å²) in [6, 6.07) is 1.91. The van der Waals surface area contributed by atoms with Gasteiger partial charge in [0.15, 0.2) is 0 Å². The molecular formula is C12H18N4O. The Hall–Kier alpha value is -1.65. The molecule has 5 nitrogen and oxygen atoms in total. The monoisotopic (exact) mass is 234 g/mol. The summed E-state index contributed by atoms with van der Waals surface area (Å²) in [7, 11) is 0. The van der Waals surface area contributed by atoms with Gasteiger partial charge in [-0.3, -0.25) is 4.79 Å². The summed E-state index contributed by atoms with van der Waals surface area (Å²) >= 11 is 0. The van der Waals surface area contributed by atoms with Crippen LogP contribution in [0.3, 0.4) is 0 Å². The summed E-state index contributed by atoms with van der Waals surface area (Å²) < 4.78 is 0. The number of nitrogens with zero attached hydrogens (tertiary/aromatic N) is 3. The van der Waals surface area contributed by atoms with Crippen molar-refractivity contribution in [2.45, 2.75) is 32.7 Å². The van der Waals surface area contributed by atoms with Crippen molar-refractivity contribution in [1.29, 1.82) is 0 Å². The molecule has 0 saturated carbocycles. The Morgan fingerprint density at radius 3 is 3.00 bits per heavy atom. The molecule has 1 saturated heterocycles. The molecule has 17 heavy (non-hydrogen) atoms. The molecular weight excluding hydrogens is 216 g/mol. The number of nitrogens with two attached hydrogens (primary N) is 1. The second-order valence-corrected chi connectivity index (χ2v) is 4.68. The lowest BCUT2D eigenvalue weighted by molar-refractivity contribution is -0.135. The second kappa shape index (κ2) is 4.69. The lowest BCUT2D eigenvalue weighted by Gasteiger charge is -2.26. The number of hydrogen-bond acceptors (Lipinski definition) is 4. The normalized spacial score (nSPS) is 19.9. The smallest absolute Gasteiger partial charge is 0.225 e. The molecule has 2 rings (SSSR count). The Kier molecular flexibility index (Phi) is 3.26. The van der Waals surface area contributed by atoms with E-state index in [2.05, 4.69) is 9.97 Å². The van der Waals surface area contributed by atoms with E-state index < -0.39 is 0 Å². The molecule has 2 N–H and O–H groups in total. The third kappa shape index (κ3) is 2.38. The molecule has 0 bridgehead atoms. The average Bonchev–Trinajstić information content (AvgIpc) is 2.76. The van der Waals surface area contributed by atoms with Crippen LogP contribution >= 0.6 is 0 Å². The second-order valence-electron chi connectivity index (χ2n) is 4.68. The Balaban J connectivity index is 2.23. The van der Waals surface area contributed by atoms with E-state index in [-0.39, 0.29) is 23.8 Å². The maximum atomic E-state index is 12.1. The first kappa shape index (κ1) is 11.8. The zero-order valence-corrected chi connectivity index (χ0v) is 10.3. The van der Waals surface area contributed by atoms with Crippen LogP contribution in [0.4, 0.5) is 5.95 Å². The maximum absolute atomic E-state index is 12.1. The third-order valence-electron chi connectivity index (χ3n) is 3.07. The number of rotatable bonds is 2. The van der Waals surface area contributed by atoms with Crippen LogP contribution in [-0.2, 0) is 4.79 Å². The average molecular weight is 234 g/mol. The van der Waals surface area contributed by atoms with E-state index in [9.17, 15) is 4.79 Å². The van der Waals surface area contributed by atoms with Crippen LogP contribution in [0.25, 0.3) is 0 Å². The maximum Gasteiger partial charge on any atom is 0.225 e. The molecule has 0 spiro atoms. The van der Waals surface area contributed by atoms with Gasteiger partial charge in [0.1, 0.15) is 0 Å². The molecule has 1 fully saturated rings. The van der Waals surface area contributed by atoms with Crippen molar-refractivity contribution >= 4 is 11.9 Å². The molecule has 1 amide bonds. The van der Waals surface area contributed by atoms with Crippen LogP contribution in [0.2, 0.25) is 0 Å². The number of hydrogen-bond donors (Lipinski definition) is 1. The van der Waals surface area contributed by atoms with Gasteiger partial charge >= 0.3 is 0 Å². The molecule has 1 aromatic rings. The van der Waals surface area contributed by atoms with Crippen molar-refractivity contribution < 1.29 is 4.79 Å². The largest absolute Gasteiger partial charge is 0.368 e. The van der Waals surface area contributed by atoms with Gasteiger partial charge in [0, 0.05) is 18.7 Å². The van der Waals surface area contributed by atoms with Crippen molar-refractivity contribution in [3.63, 3.8) is 0 Å². The first-order valence-electron chi connectivity index (χ1n) is 5.98. The third-order valence-corrected chi connectivity index (χ3v) is 3.07. The Labute approximate surface area is 101 Å². The minimum atomic E-state index is 0.0229. The predicted molar refractivity (Wildman–Crippen MR) is 65.0 cm³/mol. The highest BCUT2D eigenvalue weighted by Crippen LogP contribution is 2.31. The van der Waals surface area contributed by atoms with Gasteiger partial charge in [-0.1, -0.05) is 13.8 Å². The summed E-state index contributed by atoms with van der Waals surface area (Å²) in [4.78, 5) is 22.1. The molecule has 5 heteroatoms. The summed E-state index contributed by atoms with van der Waals surface area (Å²) in [5, 5.41) is 0. The molecule has 0 aromatic carbocycles. The fourth-order valence-electron chi connectivity index (χ4n) is 2.24. The fraction of sp³-hybridized carbons (Fsp3) is 0.583. The van der Waals surface area contributed by atoms with Gasteiger partial charge in [0.05, 0.1) is 11.7 Å². The van der Waals surface area contributed by atoms with Gasteiger partial charge in [-0.05, 0) is 18.9 Å². The number of carbonyl (C=O) groups is 1. The first-order chi connectivity index (χ1) is 8.09. The van der Waals surface area contributed by atoms with Gasteiger partial charge in [-0.25, -0.2) is 9.97 Å². The minimum Gasteiger partial charge on any atom is -0.368 e. The lowest BCUT2D eigenvalue weighted by atomic mass is 10.1. The predicted octanol–water partition coefficient (Wildman–Crippen LogP) is 1.38. The summed E-state index contributed by atoms with van der Waals surface area (Å²) in [6.45, 7) is 4.66. The molecule has 1 aliphatic heterocycles. The molecule has 0 unspecified atom stereocenters. The van der Waals surface area contributed by atoms with E-state index in [1.165, 1.54) is 0 Å². The van der Waals surface area contributed by atoms with E-state index in [4.69, 9.17) is 5.73 Å². The van der Waals surface area contributed by atoms with E-state index >= 15 is 0 Å². The van der Waals surface area contributed by atoms with Crippen LogP contribution in [0.15, 0.2) is 12.3 Å². The van der Waals surface area contributed by atoms with Gasteiger partial charge in [-0.2, -0.15) is 0 Å². The van der Waals surface area contributed by atoms with Crippen LogP contribution in [0.1, 0.15) is 38.4 Å². The lowest BCUT2D eigenvalue weighted by Crippen LogP contribution is -2.34. The molecule has 92 valence electrons. The SMILES string of the molecule is CC(C)C(=O)N1CCC[C@H]1c1ccnc(N)n1. The highest BCUT2D eigenvalue weighted by molar-refractivity contribution is 5.78. The van der Waals surface area contributed by atoms with Crippen LogP contribution in [0.5, 0.6) is 0 Å². The highest BCUT2D eigenvalue weighted by Gasteiger charge is 2.31. The zero-order valence-electron chi connectivity index (χ0n) is 10.3. The summed E-state index contributed by atoms with van der Waals surface area (Å²) in [6.07, 6.45) is 3.62. The van der Waals surface area contributed by atoms with Gasteiger partial charge in [0.2, 0.25) is 11.9 Å². The van der Waals surface area contributed by atoms with Crippen molar-refractivity contribution in [1.82, 2.24) is 14.9 Å². The van der Waals surface area contributed by atoms with E-state index in [0.717, 1.165) is 25.1 Å². The molecule has 2 heterocycles.